The van der Waals surface area contributed by atoms with E-state index >= 15 is 0 Å². The molecular weight excluding hydrogens is 514 g/mol. The number of esters is 1. The van der Waals surface area contributed by atoms with E-state index in [4.69, 9.17) is 25.8 Å². The standard InChI is InChI=1S/C32H30ClNO5/c33-30-10-4-3-9-29(30)31(35)37-19-17-23-12-15-27(16-13-23)39-32(36)34-18-5-8-28(21-34)38-22-24-11-14-25-6-1-2-7-26(25)20-24/h1-4,6-7,9-16,20,28H,5,8,17-19,21-22H2. The number of carbonyl (C=O) groups is 2. The van der Waals surface area contributed by atoms with Crippen LogP contribution < -0.4 is 4.74 Å². The van der Waals surface area contributed by atoms with Crippen LogP contribution in [-0.2, 0) is 22.5 Å². The average molecular weight is 544 g/mol. The van der Waals surface area contributed by atoms with Gasteiger partial charge >= 0.3 is 12.1 Å². The van der Waals surface area contributed by atoms with Gasteiger partial charge in [0.1, 0.15) is 5.75 Å². The fourth-order valence-corrected chi connectivity index (χ4v) is 4.85. The molecule has 4 aromatic rings. The van der Waals surface area contributed by atoms with Gasteiger partial charge in [0.05, 0.1) is 36.4 Å². The van der Waals surface area contributed by atoms with Gasteiger partial charge in [-0.15, -0.1) is 0 Å². The first-order valence-corrected chi connectivity index (χ1v) is 13.5. The number of hydrogen-bond acceptors (Lipinski definition) is 5. The number of likely N-dealkylation sites (tertiary alicyclic amines) is 1. The maximum atomic E-state index is 12.8. The van der Waals surface area contributed by atoms with Crippen molar-refractivity contribution in [3.05, 3.63) is 113 Å². The first-order chi connectivity index (χ1) is 19.0. The highest BCUT2D eigenvalue weighted by molar-refractivity contribution is 6.33. The molecule has 200 valence electrons. The summed E-state index contributed by atoms with van der Waals surface area (Å²) in [5.74, 6) is 0.0169. The highest BCUT2D eigenvalue weighted by Crippen LogP contribution is 2.21. The van der Waals surface area contributed by atoms with Gasteiger partial charge in [0, 0.05) is 13.0 Å². The van der Waals surface area contributed by atoms with E-state index in [9.17, 15) is 9.59 Å². The number of benzene rings is 4. The van der Waals surface area contributed by atoms with Gasteiger partial charge in [0.2, 0.25) is 0 Å². The fourth-order valence-electron chi connectivity index (χ4n) is 4.64. The van der Waals surface area contributed by atoms with Crippen LogP contribution in [0.1, 0.15) is 34.3 Å². The third-order valence-electron chi connectivity index (χ3n) is 6.78. The van der Waals surface area contributed by atoms with Gasteiger partial charge in [-0.25, -0.2) is 9.59 Å². The number of rotatable bonds is 8. The van der Waals surface area contributed by atoms with Crippen molar-refractivity contribution in [2.75, 3.05) is 19.7 Å². The van der Waals surface area contributed by atoms with Crippen molar-refractivity contribution < 1.29 is 23.8 Å². The lowest BCUT2D eigenvalue weighted by molar-refractivity contribution is -0.00501. The zero-order chi connectivity index (χ0) is 27.0. The van der Waals surface area contributed by atoms with E-state index in [0.29, 0.717) is 42.5 Å². The fraction of sp³-hybridized carbons (Fsp3) is 0.250. The van der Waals surface area contributed by atoms with Crippen LogP contribution in [0, 0.1) is 0 Å². The molecule has 0 radical (unpaired) electrons. The summed E-state index contributed by atoms with van der Waals surface area (Å²) < 4.78 is 17.1. The Hall–Kier alpha value is -3.87. The van der Waals surface area contributed by atoms with Gasteiger partial charge in [-0.2, -0.15) is 0 Å². The Labute approximate surface area is 233 Å². The molecule has 0 spiro atoms. The smallest absolute Gasteiger partial charge is 0.415 e. The van der Waals surface area contributed by atoms with E-state index in [-0.39, 0.29) is 18.8 Å². The van der Waals surface area contributed by atoms with E-state index in [1.165, 1.54) is 10.8 Å². The van der Waals surface area contributed by atoms with Gasteiger partial charge in [0.15, 0.2) is 0 Å². The number of carbonyl (C=O) groups excluding carboxylic acids is 2. The molecule has 1 aliphatic heterocycles. The van der Waals surface area contributed by atoms with Crippen LogP contribution in [0.25, 0.3) is 10.8 Å². The van der Waals surface area contributed by atoms with E-state index < -0.39 is 5.97 Å². The second kappa shape index (κ2) is 12.8. The Morgan fingerprint density at radius 2 is 1.62 bits per heavy atom. The predicted octanol–water partition coefficient (Wildman–Crippen LogP) is 7.07. The van der Waals surface area contributed by atoms with Crippen LogP contribution in [-0.4, -0.2) is 42.8 Å². The first kappa shape index (κ1) is 26.7. The van der Waals surface area contributed by atoms with Crippen LogP contribution in [0.4, 0.5) is 4.79 Å². The van der Waals surface area contributed by atoms with E-state index in [0.717, 1.165) is 24.0 Å². The molecule has 4 aromatic carbocycles. The molecule has 7 heteroatoms. The van der Waals surface area contributed by atoms with Crippen molar-refractivity contribution in [2.24, 2.45) is 0 Å². The van der Waals surface area contributed by atoms with Crippen molar-refractivity contribution in [2.45, 2.75) is 32.0 Å². The monoisotopic (exact) mass is 543 g/mol. The summed E-state index contributed by atoms with van der Waals surface area (Å²) in [5.41, 5.74) is 2.43. The second-order valence-corrected chi connectivity index (χ2v) is 9.99. The molecule has 1 aliphatic rings. The van der Waals surface area contributed by atoms with Crippen molar-refractivity contribution >= 4 is 34.4 Å². The summed E-state index contributed by atoms with van der Waals surface area (Å²) in [6.07, 6.45) is 1.90. The normalized spacial score (nSPS) is 15.2. The minimum Gasteiger partial charge on any atom is -0.462 e. The number of ether oxygens (including phenoxy) is 3. The van der Waals surface area contributed by atoms with Gasteiger partial charge in [0.25, 0.3) is 0 Å². The first-order valence-electron chi connectivity index (χ1n) is 13.1. The molecule has 1 heterocycles. The molecule has 0 N–H and O–H groups in total. The molecule has 5 rings (SSSR count). The Balaban J connectivity index is 1.07. The minimum absolute atomic E-state index is 0.0337. The summed E-state index contributed by atoms with van der Waals surface area (Å²) >= 11 is 6.04. The summed E-state index contributed by atoms with van der Waals surface area (Å²) in [5, 5.41) is 2.76. The molecule has 0 bridgehead atoms. The van der Waals surface area contributed by atoms with E-state index in [2.05, 4.69) is 30.3 Å². The molecule has 1 amide bonds. The average Bonchev–Trinajstić information content (AvgIpc) is 2.97. The van der Waals surface area contributed by atoms with Crippen molar-refractivity contribution in [1.82, 2.24) is 4.90 Å². The number of amides is 1. The van der Waals surface area contributed by atoms with Crippen LogP contribution in [0.5, 0.6) is 5.75 Å². The largest absolute Gasteiger partial charge is 0.462 e. The number of piperidine rings is 1. The zero-order valence-electron chi connectivity index (χ0n) is 21.6. The zero-order valence-corrected chi connectivity index (χ0v) is 22.3. The molecule has 1 unspecified atom stereocenters. The third-order valence-corrected chi connectivity index (χ3v) is 7.11. The Bertz CT molecular complexity index is 1440. The Kier molecular flexibility index (Phi) is 8.76. The van der Waals surface area contributed by atoms with Crippen molar-refractivity contribution in [3.8, 4) is 5.75 Å². The van der Waals surface area contributed by atoms with E-state index in [1.807, 2.05) is 24.3 Å². The molecule has 1 fully saturated rings. The highest BCUT2D eigenvalue weighted by Gasteiger charge is 2.25. The molecular formula is C32H30ClNO5. The Morgan fingerprint density at radius 3 is 2.44 bits per heavy atom. The van der Waals surface area contributed by atoms with Gasteiger partial charge in [-0.05, 0) is 65.1 Å². The maximum absolute atomic E-state index is 12.8. The van der Waals surface area contributed by atoms with Crippen LogP contribution in [0.15, 0.2) is 91.0 Å². The number of hydrogen-bond donors (Lipinski definition) is 0. The van der Waals surface area contributed by atoms with Crippen LogP contribution in [0.3, 0.4) is 0 Å². The van der Waals surface area contributed by atoms with Crippen molar-refractivity contribution in [3.63, 3.8) is 0 Å². The lowest BCUT2D eigenvalue weighted by Gasteiger charge is -2.32. The summed E-state index contributed by atoms with van der Waals surface area (Å²) in [6.45, 7) is 1.87. The molecule has 0 aromatic heterocycles. The van der Waals surface area contributed by atoms with Crippen molar-refractivity contribution in [1.29, 1.82) is 0 Å². The molecule has 1 saturated heterocycles. The molecule has 39 heavy (non-hydrogen) atoms. The number of nitrogens with zero attached hydrogens (tertiary/aromatic N) is 1. The summed E-state index contributed by atoms with van der Waals surface area (Å²) in [7, 11) is 0. The summed E-state index contributed by atoms with van der Waals surface area (Å²) in [6, 6.07) is 28.6. The van der Waals surface area contributed by atoms with Gasteiger partial charge in [-0.1, -0.05) is 72.3 Å². The molecule has 0 saturated carbocycles. The topological polar surface area (TPSA) is 65.1 Å². The van der Waals surface area contributed by atoms with Crippen LogP contribution in [0.2, 0.25) is 5.02 Å². The Morgan fingerprint density at radius 1 is 0.872 bits per heavy atom. The molecule has 0 aliphatic carbocycles. The second-order valence-electron chi connectivity index (χ2n) is 9.58. The summed E-state index contributed by atoms with van der Waals surface area (Å²) in [4.78, 5) is 26.7. The minimum atomic E-state index is -0.452. The van der Waals surface area contributed by atoms with Gasteiger partial charge in [-0.3, -0.25) is 0 Å². The quantitative estimate of drug-likeness (QED) is 0.222. The highest BCUT2D eigenvalue weighted by atomic mass is 35.5. The third kappa shape index (κ3) is 7.16. The molecule has 6 nitrogen and oxygen atoms in total. The SMILES string of the molecule is O=C(OCCc1ccc(OC(=O)N2CCCC(OCc3ccc4ccccc4c3)C2)cc1)c1ccccc1Cl. The predicted molar refractivity (Wildman–Crippen MR) is 151 cm³/mol. The number of halogens is 1. The molecule has 1 atom stereocenters. The lowest BCUT2D eigenvalue weighted by atomic mass is 10.1. The number of fused-ring (bicyclic) bond motifs is 1. The van der Waals surface area contributed by atoms with E-state index in [1.54, 1.807) is 41.3 Å². The maximum Gasteiger partial charge on any atom is 0.415 e. The van der Waals surface area contributed by atoms with Crippen LogP contribution >= 0.6 is 11.6 Å². The lowest BCUT2D eigenvalue weighted by Crippen LogP contribution is -2.44. The van der Waals surface area contributed by atoms with Gasteiger partial charge < -0.3 is 19.1 Å².